The van der Waals surface area contributed by atoms with E-state index in [0.717, 1.165) is 36.1 Å². The molecule has 3 heterocycles. The molecule has 0 atom stereocenters. The number of carbonyl (C=O) groups is 2. The zero-order chi connectivity index (χ0) is 27.8. The van der Waals surface area contributed by atoms with Gasteiger partial charge in [0.15, 0.2) is 5.88 Å². The van der Waals surface area contributed by atoms with Crippen LogP contribution in [-0.2, 0) is 4.79 Å². The molecule has 40 heavy (non-hydrogen) atoms. The van der Waals surface area contributed by atoms with E-state index in [-0.39, 0.29) is 17.7 Å². The predicted molar refractivity (Wildman–Crippen MR) is 158 cm³/mol. The number of piperazine rings is 1. The molecule has 0 spiro atoms. The predicted octanol–water partition coefficient (Wildman–Crippen LogP) is 5.21. The number of halogens is 1. The Hall–Kier alpha value is -4.14. The molecule has 3 aromatic carbocycles. The molecular weight excluding hydrogens is 526 g/mol. The molecule has 4 aromatic rings. The van der Waals surface area contributed by atoms with Crippen LogP contribution >= 0.6 is 11.6 Å². The third-order valence-corrected chi connectivity index (χ3v) is 7.88. The number of aromatic nitrogens is 1. The molecule has 204 valence electrons. The molecule has 0 bridgehead atoms. The maximum absolute atomic E-state index is 13.0. The number of benzene rings is 3. The Balaban J connectivity index is 1.38. The third-order valence-electron chi connectivity index (χ3n) is 7.65. The van der Waals surface area contributed by atoms with Crippen molar-refractivity contribution in [2.75, 3.05) is 44.7 Å². The molecular formula is C31H30ClN5O3. The van der Waals surface area contributed by atoms with E-state index in [4.69, 9.17) is 16.6 Å². The molecule has 0 saturated carbocycles. The van der Waals surface area contributed by atoms with E-state index in [1.807, 2.05) is 47.4 Å². The summed E-state index contributed by atoms with van der Waals surface area (Å²) in [5.74, 6) is 0.123. The molecule has 0 aliphatic carbocycles. The van der Waals surface area contributed by atoms with Gasteiger partial charge >= 0.3 is 0 Å². The first kappa shape index (κ1) is 26.1. The quantitative estimate of drug-likeness (QED) is 0.331. The number of carbonyl (C=O) groups excluding carboxylic acids is 2. The van der Waals surface area contributed by atoms with E-state index < -0.39 is 0 Å². The van der Waals surface area contributed by atoms with Crippen molar-refractivity contribution < 1.29 is 14.7 Å². The maximum Gasteiger partial charge on any atom is 0.253 e. The molecule has 2 fully saturated rings. The van der Waals surface area contributed by atoms with Gasteiger partial charge in [-0.15, -0.1) is 0 Å². The van der Waals surface area contributed by atoms with Crippen LogP contribution in [0.15, 0.2) is 71.7 Å². The van der Waals surface area contributed by atoms with Gasteiger partial charge in [-0.3, -0.25) is 9.59 Å². The zero-order valence-electron chi connectivity index (χ0n) is 22.2. The summed E-state index contributed by atoms with van der Waals surface area (Å²) in [6.07, 6.45) is 1.42. The lowest BCUT2D eigenvalue weighted by molar-refractivity contribution is -0.117. The van der Waals surface area contributed by atoms with Crippen LogP contribution in [-0.4, -0.2) is 77.2 Å². The number of aromatic amines is 1. The molecule has 2 aliphatic heterocycles. The van der Waals surface area contributed by atoms with Gasteiger partial charge in [0.2, 0.25) is 5.91 Å². The van der Waals surface area contributed by atoms with Crippen molar-refractivity contribution in [2.45, 2.75) is 12.8 Å². The summed E-state index contributed by atoms with van der Waals surface area (Å²) >= 11 is 6.20. The van der Waals surface area contributed by atoms with Gasteiger partial charge in [-0.25, -0.2) is 4.99 Å². The Morgan fingerprint density at radius 3 is 2.30 bits per heavy atom. The molecule has 2 amide bonds. The van der Waals surface area contributed by atoms with Crippen molar-refractivity contribution in [3.63, 3.8) is 0 Å². The molecule has 1 aromatic heterocycles. The fraction of sp³-hybridized carbons (Fsp3) is 0.258. The van der Waals surface area contributed by atoms with Crippen molar-refractivity contribution >= 4 is 51.4 Å². The minimum atomic E-state index is -0.0170. The lowest BCUT2D eigenvalue weighted by atomic mass is 10.00. The number of anilines is 1. The number of hydrogen-bond donors (Lipinski definition) is 2. The highest BCUT2D eigenvalue weighted by Crippen LogP contribution is 2.33. The molecule has 8 nitrogen and oxygen atoms in total. The molecule has 9 heteroatoms. The minimum absolute atomic E-state index is 0.0158. The average molecular weight is 556 g/mol. The largest absolute Gasteiger partial charge is 0.494 e. The smallest absolute Gasteiger partial charge is 0.253 e. The number of hydrogen-bond acceptors (Lipinski definition) is 5. The van der Waals surface area contributed by atoms with Crippen LogP contribution < -0.4 is 4.90 Å². The fourth-order valence-electron chi connectivity index (χ4n) is 5.38. The van der Waals surface area contributed by atoms with Crippen LogP contribution in [0.1, 0.15) is 34.3 Å². The van der Waals surface area contributed by atoms with Crippen LogP contribution in [0.2, 0.25) is 5.02 Å². The highest BCUT2D eigenvalue weighted by atomic mass is 35.5. The van der Waals surface area contributed by atoms with E-state index in [0.29, 0.717) is 59.1 Å². The first-order valence-electron chi connectivity index (χ1n) is 13.5. The Morgan fingerprint density at radius 2 is 1.62 bits per heavy atom. The Bertz CT molecular complexity index is 1600. The second-order valence-electron chi connectivity index (χ2n) is 10.3. The first-order chi connectivity index (χ1) is 19.4. The van der Waals surface area contributed by atoms with Gasteiger partial charge < -0.3 is 24.8 Å². The maximum atomic E-state index is 13.0. The summed E-state index contributed by atoms with van der Waals surface area (Å²) < 4.78 is 0. The molecule has 2 aliphatic rings. The number of amides is 2. The zero-order valence-corrected chi connectivity index (χ0v) is 23.0. The second kappa shape index (κ2) is 10.8. The minimum Gasteiger partial charge on any atom is -0.494 e. The molecule has 0 radical (unpaired) electrons. The summed E-state index contributed by atoms with van der Waals surface area (Å²) in [6, 6.07) is 20.3. The Labute approximate surface area is 237 Å². The third kappa shape index (κ3) is 5.08. The van der Waals surface area contributed by atoms with Crippen molar-refractivity contribution in [2.24, 2.45) is 4.99 Å². The van der Waals surface area contributed by atoms with Crippen molar-refractivity contribution in [1.29, 1.82) is 0 Å². The van der Waals surface area contributed by atoms with Crippen molar-refractivity contribution in [3.8, 4) is 5.88 Å². The summed E-state index contributed by atoms with van der Waals surface area (Å²) in [6.45, 7) is 3.86. The van der Waals surface area contributed by atoms with Gasteiger partial charge in [0, 0.05) is 66.4 Å². The van der Waals surface area contributed by atoms with Crippen molar-refractivity contribution in [1.82, 2.24) is 14.8 Å². The van der Waals surface area contributed by atoms with E-state index >= 15 is 0 Å². The standard InChI is InChI=1S/C31H30ClN5O3/c1-35-15-17-36(18-16-35)31(40)21-4-9-23(10-5-21)33-29(28-25-13-8-22(32)19-26(25)34-30(28)39)20-6-11-24(12-7-20)37-14-2-3-27(37)38/h4-13,19,34,39H,2-3,14-18H2,1H3. The van der Waals surface area contributed by atoms with Gasteiger partial charge in [0.1, 0.15) is 0 Å². The summed E-state index contributed by atoms with van der Waals surface area (Å²) in [4.78, 5) is 39.1. The molecule has 2 N–H and O–H groups in total. The van der Waals surface area contributed by atoms with Crippen LogP contribution in [0.4, 0.5) is 11.4 Å². The summed E-state index contributed by atoms with van der Waals surface area (Å²) in [5, 5.41) is 12.3. The van der Waals surface area contributed by atoms with E-state index in [1.165, 1.54) is 0 Å². The van der Waals surface area contributed by atoms with Gasteiger partial charge in [-0.2, -0.15) is 0 Å². The number of aliphatic imine (C=N–C) groups is 1. The monoisotopic (exact) mass is 555 g/mol. The average Bonchev–Trinajstić information content (AvgIpc) is 3.53. The lowest BCUT2D eigenvalue weighted by Gasteiger charge is -2.32. The van der Waals surface area contributed by atoms with E-state index in [9.17, 15) is 14.7 Å². The SMILES string of the molecule is CN1CCN(C(=O)c2ccc(N=C(c3ccc(N4CCCC4=O)cc3)c3c(O)[nH]c4cc(Cl)ccc34)cc2)CC1. The Kier molecular flexibility index (Phi) is 7.04. The Morgan fingerprint density at radius 1 is 0.925 bits per heavy atom. The van der Waals surface area contributed by atoms with Gasteiger partial charge in [0.25, 0.3) is 5.91 Å². The van der Waals surface area contributed by atoms with Crippen LogP contribution in [0.3, 0.4) is 0 Å². The number of likely N-dealkylation sites (N-methyl/N-ethyl adjacent to an activating group) is 1. The highest BCUT2D eigenvalue weighted by molar-refractivity contribution is 6.31. The van der Waals surface area contributed by atoms with Crippen LogP contribution in [0.25, 0.3) is 10.9 Å². The number of nitrogens with zero attached hydrogens (tertiary/aromatic N) is 4. The topological polar surface area (TPSA) is 92.2 Å². The fourth-order valence-corrected chi connectivity index (χ4v) is 5.55. The number of H-pyrrole nitrogens is 1. The van der Waals surface area contributed by atoms with Crippen LogP contribution in [0, 0.1) is 0 Å². The number of aromatic hydroxyl groups is 1. The van der Waals surface area contributed by atoms with Gasteiger partial charge in [-0.05, 0) is 62.0 Å². The number of nitrogens with one attached hydrogen (secondary N) is 1. The normalized spacial score (nSPS) is 16.8. The second-order valence-corrected chi connectivity index (χ2v) is 10.8. The van der Waals surface area contributed by atoms with Crippen molar-refractivity contribution in [3.05, 3.63) is 88.4 Å². The number of fused-ring (bicyclic) bond motifs is 1. The van der Waals surface area contributed by atoms with Gasteiger partial charge in [-0.1, -0.05) is 29.8 Å². The molecule has 6 rings (SSSR count). The summed E-state index contributed by atoms with van der Waals surface area (Å²) in [5.41, 5.74) is 4.69. The highest BCUT2D eigenvalue weighted by Gasteiger charge is 2.24. The molecule has 0 unspecified atom stereocenters. The van der Waals surface area contributed by atoms with E-state index in [1.54, 1.807) is 29.2 Å². The van der Waals surface area contributed by atoms with E-state index in [2.05, 4.69) is 16.9 Å². The number of rotatable bonds is 5. The van der Waals surface area contributed by atoms with Crippen LogP contribution in [0.5, 0.6) is 5.88 Å². The summed E-state index contributed by atoms with van der Waals surface area (Å²) in [7, 11) is 2.06. The van der Waals surface area contributed by atoms with Gasteiger partial charge in [0.05, 0.1) is 22.5 Å². The first-order valence-corrected chi connectivity index (χ1v) is 13.8. The molecule has 2 saturated heterocycles. The lowest BCUT2D eigenvalue weighted by Crippen LogP contribution is -2.47.